The van der Waals surface area contributed by atoms with Crippen molar-refractivity contribution >= 4 is 11.9 Å². The largest absolute Gasteiger partial charge is 0.461 e. The van der Waals surface area contributed by atoms with Gasteiger partial charge in [0.2, 0.25) is 5.91 Å². The maximum Gasteiger partial charge on any atom is 0.306 e. The van der Waals surface area contributed by atoms with Crippen molar-refractivity contribution in [1.29, 1.82) is 0 Å². The monoisotopic (exact) mass is 980 g/mol. The first-order valence-electron chi connectivity index (χ1n) is 30.5. The molecule has 0 spiro atoms. The molecule has 3 atom stereocenters. The van der Waals surface area contributed by atoms with Gasteiger partial charge >= 0.3 is 5.97 Å². The number of rotatable bonds is 55. The minimum absolute atomic E-state index is 0.00158. The van der Waals surface area contributed by atoms with E-state index in [2.05, 4.69) is 80.8 Å². The molecule has 0 saturated carbocycles. The molecule has 0 heterocycles. The number of aliphatic hydroxyl groups excluding tert-OH is 2. The molecule has 0 rings (SSSR count). The summed E-state index contributed by atoms with van der Waals surface area (Å²) in [7, 11) is 0. The van der Waals surface area contributed by atoms with Gasteiger partial charge in [-0.3, -0.25) is 9.59 Å². The van der Waals surface area contributed by atoms with E-state index in [1.54, 1.807) is 0 Å². The predicted octanol–water partition coefficient (Wildman–Crippen LogP) is 19.1. The molecule has 3 N–H and O–H groups in total. The average molecular weight is 981 g/mol. The molecule has 0 fully saturated rings. The molecule has 0 aromatic rings. The van der Waals surface area contributed by atoms with E-state index in [-0.39, 0.29) is 24.9 Å². The Bertz CT molecular complexity index is 1240. The summed E-state index contributed by atoms with van der Waals surface area (Å²) in [4.78, 5) is 26.3. The van der Waals surface area contributed by atoms with E-state index in [0.717, 1.165) is 57.8 Å². The minimum atomic E-state index is -0.813. The van der Waals surface area contributed by atoms with Crippen LogP contribution in [0.15, 0.2) is 60.8 Å². The fourth-order valence-electron chi connectivity index (χ4n) is 9.17. The lowest BCUT2D eigenvalue weighted by Gasteiger charge is -2.24. The first-order chi connectivity index (χ1) is 34.5. The van der Waals surface area contributed by atoms with Crippen molar-refractivity contribution in [3.05, 3.63) is 60.8 Å². The van der Waals surface area contributed by atoms with Gasteiger partial charge in [0.05, 0.1) is 25.2 Å². The Morgan fingerprint density at radius 1 is 0.429 bits per heavy atom. The van der Waals surface area contributed by atoms with E-state index in [4.69, 9.17) is 4.74 Å². The lowest BCUT2D eigenvalue weighted by molar-refractivity contribution is -0.150. The summed E-state index contributed by atoms with van der Waals surface area (Å²) in [5.41, 5.74) is 0. The summed E-state index contributed by atoms with van der Waals surface area (Å²) < 4.78 is 5.91. The summed E-state index contributed by atoms with van der Waals surface area (Å²) in [6.45, 7) is 6.46. The van der Waals surface area contributed by atoms with Crippen LogP contribution in [0, 0.1) is 0 Å². The summed E-state index contributed by atoms with van der Waals surface area (Å²) in [6.07, 6.45) is 73.1. The van der Waals surface area contributed by atoms with Gasteiger partial charge in [-0.15, -0.1) is 0 Å². The molecular formula is C64H117NO5. The van der Waals surface area contributed by atoms with Crippen LogP contribution in [0.4, 0.5) is 0 Å². The highest BCUT2D eigenvalue weighted by Crippen LogP contribution is 2.18. The van der Waals surface area contributed by atoms with Crippen molar-refractivity contribution in [1.82, 2.24) is 5.32 Å². The number of carbonyl (C=O) groups excluding carboxylic acids is 2. The van der Waals surface area contributed by atoms with E-state index in [1.807, 2.05) is 6.08 Å². The molecule has 0 aliphatic carbocycles. The van der Waals surface area contributed by atoms with E-state index < -0.39 is 18.2 Å². The zero-order chi connectivity index (χ0) is 50.9. The number of amides is 1. The van der Waals surface area contributed by atoms with Gasteiger partial charge in [0, 0.05) is 12.8 Å². The first-order valence-corrected chi connectivity index (χ1v) is 30.5. The quantitative estimate of drug-likeness (QED) is 0.0321. The molecule has 408 valence electrons. The summed E-state index contributed by atoms with van der Waals surface area (Å²) in [5.74, 6) is -0.568. The average Bonchev–Trinajstić information content (AvgIpc) is 3.35. The molecule has 0 aromatic carbocycles. The molecule has 0 aliphatic heterocycles. The summed E-state index contributed by atoms with van der Waals surface area (Å²) in [6, 6.07) is -0.733. The SMILES string of the molecule is CCCCC/C=C\C/C=C\C/C=C\C/C=C\CC(CC(=O)NC(CO)C(O)CCCCCCCCCCCCCCCCCCC)OC(=O)CCCCCCCCCCC/C=C/CCCCCCCC. The minimum Gasteiger partial charge on any atom is -0.461 e. The third kappa shape index (κ3) is 51.9. The Kier molecular flexibility index (Phi) is 55.5. The normalized spacial score (nSPS) is 13.5. The summed E-state index contributed by atoms with van der Waals surface area (Å²) >= 11 is 0. The third-order valence-electron chi connectivity index (χ3n) is 13.8. The number of ether oxygens (including phenoxy) is 1. The van der Waals surface area contributed by atoms with Crippen LogP contribution in [-0.2, 0) is 14.3 Å². The highest BCUT2D eigenvalue weighted by molar-refractivity contribution is 5.77. The first kappa shape index (κ1) is 67.6. The van der Waals surface area contributed by atoms with E-state index in [0.29, 0.717) is 19.3 Å². The van der Waals surface area contributed by atoms with Crippen molar-refractivity contribution in [2.45, 2.75) is 328 Å². The van der Waals surface area contributed by atoms with Crippen LogP contribution in [0.3, 0.4) is 0 Å². The smallest absolute Gasteiger partial charge is 0.306 e. The molecule has 0 bridgehead atoms. The lowest BCUT2D eigenvalue weighted by atomic mass is 10.0. The molecular weight excluding hydrogens is 863 g/mol. The second-order valence-electron chi connectivity index (χ2n) is 20.8. The Hall–Kier alpha value is -2.44. The van der Waals surface area contributed by atoms with Crippen LogP contribution in [0.2, 0.25) is 0 Å². The Labute approximate surface area is 435 Å². The highest BCUT2D eigenvalue weighted by Gasteiger charge is 2.23. The number of hydrogen-bond acceptors (Lipinski definition) is 5. The molecule has 6 nitrogen and oxygen atoms in total. The van der Waals surface area contributed by atoms with Gasteiger partial charge in [-0.05, 0) is 70.6 Å². The van der Waals surface area contributed by atoms with Gasteiger partial charge in [0.15, 0.2) is 0 Å². The number of esters is 1. The van der Waals surface area contributed by atoms with Crippen molar-refractivity contribution < 1.29 is 24.5 Å². The van der Waals surface area contributed by atoms with Crippen LogP contribution in [0.1, 0.15) is 310 Å². The number of nitrogens with one attached hydrogen (secondary N) is 1. The zero-order valence-electron chi connectivity index (χ0n) is 46.7. The van der Waals surface area contributed by atoms with Gasteiger partial charge in [0.25, 0.3) is 0 Å². The van der Waals surface area contributed by atoms with Crippen molar-refractivity contribution in [2.75, 3.05) is 6.61 Å². The summed E-state index contributed by atoms with van der Waals surface area (Å²) in [5, 5.41) is 23.9. The fourth-order valence-corrected chi connectivity index (χ4v) is 9.17. The van der Waals surface area contributed by atoms with Gasteiger partial charge in [-0.1, -0.05) is 281 Å². The molecule has 0 aromatic heterocycles. The molecule has 1 amide bonds. The van der Waals surface area contributed by atoms with Crippen molar-refractivity contribution in [3.8, 4) is 0 Å². The molecule has 70 heavy (non-hydrogen) atoms. The van der Waals surface area contributed by atoms with Crippen LogP contribution < -0.4 is 5.32 Å². The topological polar surface area (TPSA) is 95.9 Å². The molecule has 0 aliphatic rings. The number of carbonyl (C=O) groups is 2. The second-order valence-corrected chi connectivity index (χ2v) is 20.8. The number of hydrogen-bond donors (Lipinski definition) is 3. The molecule has 0 radical (unpaired) electrons. The van der Waals surface area contributed by atoms with Crippen LogP contribution in [-0.4, -0.2) is 46.9 Å². The molecule has 3 unspecified atom stereocenters. The maximum atomic E-state index is 13.3. The number of unbranched alkanes of at least 4 members (excludes halogenated alkanes) is 34. The van der Waals surface area contributed by atoms with Gasteiger partial charge in [-0.2, -0.15) is 0 Å². The van der Waals surface area contributed by atoms with Crippen molar-refractivity contribution in [3.63, 3.8) is 0 Å². The third-order valence-corrected chi connectivity index (χ3v) is 13.8. The predicted molar refractivity (Wildman–Crippen MR) is 305 cm³/mol. The fraction of sp³-hybridized carbons (Fsp3) is 0.812. The standard InChI is InChI=1S/C64H117NO5/c1-4-7-10-13-16-19-22-25-28-30-31-33-36-39-42-45-48-51-54-57-64(69)70-60(55-52-49-46-43-40-37-34-27-24-21-18-15-12-9-6-3)58-63(68)65-61(59-66)62(67)56-53-50-47-44-41-38-35-32-29-26-23-20-17-14-11-8-5-2/h18,21,25,27-28,34,40,43,49,52,60-62,66-67H,4-17,19-20,22-24,26,29-33,35-39,41-42,44-48,50-51,53-59H2,1-3H3,(H,65,68)/b21-18-,28-25+,34-27-,43-40-,52-49-. The van der Waals surface area contributed by atoms with Crippen LogP contribution in [0.25, 0.3) is 0 Å². The Morgan fingerprint density at radius 2 is 0.757 bits per heavy atom. The Morgan fingerprint density at radius 3 is 1.19 bits per heavy atom. The van der Waals surface area contributed by atoms with Gasteiger partial charge in [0.1, 0.15) is 6.10 Å². The highest BCUT2D eigenvalue weighted by atomic mass is 16.5. The van der Waals surface area contributed by atoms with Crippen LogP contribution >= 0.6 is 0 Å². The van der Waals surface area contributed by atoms with E-state index in [1.165, 1.54) is 205 Å². The van der Waals surface area contributed by atoms with Crippen LogP contribution in [0.5, 0.6) is 0 Å². The van der Waals surface area contributed by atoms with E-state index in [9.17, 15) is 19.8 Å². The zero-order valence-corrected chi connectivity index (χ0v) is 46.7. The second kappa shape index (κ2) is 57.5. The van der Waals surface area contributed by atoms with Gasteiger partial charge < -0.3 is 20.3 Å². The number of allylic oxidation sites excluding steroid dienone is 9. The molecule has 0 saturated heterocycles. The Balaban J connectivity index is 4.60. The number of aliphatic hydroxyl groups is 2. The maximum absolute atomic E-state index is 13.3. The molecule has 6 heteroatoms. The van der Waals surface area contributed by atoms with Gasteiger partial charge in [-0.25, -0.2) is 0 Å². The van der Waals surface area contributed by atoms with E-state index >= 15 is 0 Å². The lowest BCUT2D eigenvalue weighted by Crippen LogP contribution is -2.46. The van der Waals surface area contributed by atoms with Crippen molar-refractivity contribution in [2.24, 2.45) is 0 Å².